The summed E-state index contributed by atoms with van der Waals surface area (Å²) in [5.41, 5.74) is 5.51. The minimum absolute atomic E-state index is 0.337. The van der Waals surface area contributed by atoms with Crippen molar-refractivity contribution in [2.45, 2.75) is 57.5 Å². The van der Waals surface area contributed by atoms with Crippen molar-refractivity contribution in [3.8, 4) is 0 Å². The van der Waals surface area contributed by atoms with Crippen molar-refractivity contribution < 1.29 is 9.53 Å². The van der Waals surface area contributed by atoms with Gasteiger partial charge in [-0.25, -0.2) is 0 Å². The fraction of sp³-hybridized carbons (Fsp3) is 0.947. The van der Waals surface area contributed by atoms with Crippen LogP contribution in [-0.4, -0.2) is 43.2 Å². The lowest BCUT2D eigenvalue weighted by Crippen LogP contribution is -2.53. The summed E-state index contributed by atoms with van der Waals surface area (Å²) in [6.45, 7) is 3.26. The van der Waals surface area contributed by atoms with Gasteiger partial charge in [-0.05, 0) is 81.6 Å². The number of carbonyl (C=O) groups is 1. The number of nitrogens with zero attached hydrogens (tertiary/aromatic N) is 1. The molecule has 0 spiro atoms. The third-order valence-corrected chi connectivity index (χ3v) is 6.97. The zero-order valence-corrected chi connectivity index (χ0v) is 14.3. The first-order chi connectivity index (χ1) is 11.2. The molecule has 0 aromatic rings. The topological polar surface area (TPSA) is 55.6 Å². The third kappa shape index (κ3) is 3.17. The molecule has 4 saturated carbocycles. The first kappa shape index (κ1) is 15.9. The van der Waals surface area contributed by atoms with Crippen LogP contribution in [0, 0.1) is 29.6 Å². The van der Waals surface area contributed by atoms with Gasteiger partial charge in [0.25, 0.3) is 0 Å². The molecular weight excluding hydrogens is 288 g/mol. The average molecular weight is 320 g/mol. The first-order valence-electron chi connectivity index (χ1n) is 9.85. The van der Waals surface area contributed by atoms with Gasteiger partial charge in [-0.15, -0.1) is 0 Å². The summed E-state index contributed by atoms with van der Waals surface area (Å²) in [5.74, 6) is 4.15. The van der Waals surface area contributed by atoms with Gasteiger partial charge in [-0.1, -0.05) is 0 Å². The van der Waals surface area contributed by atoms with Crippen LogP contribution in [0.25, 0.3) is 0 Å². The highest BCUT2D eigenvalue weighted by Crippen LogP contribution is 2.56. The van der Waals surface area contributed by atoms with Gasteiger partial charge in [0.05, 0.1) is 6.10 Å². The van der Waals surface area contributed by atoms with Crippen LogP contribution in [0.3, 0.4) is 0 Å². The quantitative estimate of drug-likeness (QED) is 0.792. The lowest BCUT2D eigenvalue weighted by Gasteiger charge is -2.54. The Morgan fingerprint density at radius 1 is 1.00 bits per heavy atom. The number of ether oxygens (including phenoxy) is 1. The molecule has 4 bridgehead atoms. The number of likely N-dealkylation sites (tertiary alicyclic amines) is 1. The maximum Gasteiger partial charge on any atom is 0.226 e. The molecule has 1 amide bonds. The average Bonchev–Trinajstić information content (AvgIpc) is 2.54. The summed E-state index contributed by atoms with van der Waals surface area (Å²) in [7, 11) is 0. The third-order valence-electron chi connectivity index (χ3n) is 6.97. The van der Waals surface area contributed by atoms with E-state index in [1.54, 1.807) is 0 Å². The molecule has 0 aromatic carbocycles. The lowest BCUT2D eigenvalue weighted by molar-refractivity contribution is -0.151. The maximum absolute atomic E-state index is 13.1. The van der Waals surface area contributed by atoms with Gasteiger partial charge in [0.15, 0.2) is 0 Å². The highest BCUT2D eigenvalue weighted by molar-refractivity contribution is 5.80. The van der Waals surface area contributed by atoms with Crippen molar-refractivity contribution in [2.24, 2.45) is 35.3 Å². The molecule has 1 heterocycles. The zero-order valence-electron chi connectivity index (χ0n) is 14.3. The first-order valence-corrected chi connectivity index (χ1v) is 9.85. The Balaban J connectivity index is 1.30. The molecule has 2 N–H and O–H groups in total. The number of hydrogen-bond acceptors (Lipinski definition) is 3. The molecule has 0 atom stereocenters. The Kier molecular flexibility index (Phi) is 4.64. The van der Waals surface area contributed by atoms with E-state index in [2.05, 4.69) is 4.90 Å². The van der Waals surface area contributed by atoms with E-state index in [-0.39, 0.29) is 0 Å². The summed E-state index contributed by atoms with van der Waals surface area (Å²) in [4.78, 5) is 15.3. The summed E-state index contributed by atoms with van der Waals surface area (Å²) in [6, 6.07) is 0. The molecule has 0 radical (unpaired) electrons. The molecule has 5 rings (SSSR count). The molecule has 1 saturated heterocycles. The van der Waals surface area contributed by atoms with E-state index in [1.165, 1.54) is 32.1 Å². The molecule has 4 nitrogen and oxygen atoms in total. The SMILES string of the molecule is NCCCOC1CCN(C(=O)C2C3CC4CC(C3)CC2C4)CC1. The Hall–Kier alpha value is -0.610. The van der Waals surface area contributed by atoms with E-state index < -0.39 is 0 Å². The van der Waals surface area contributed by atoms with Crippen molar-refractivity contribution in [2.75, 3.05) is 26.2 Å². The van der Waals surface area contributed by atoms with Gasteiger partial charge in [0.1, 0.15) is 0 Å². The molecule has 5 fully saturated rings. The predicted molar refractivity (Wildman–Crippen MR) is 89.8 cm³/mol. The van der Waals surface area contributed by atoms with Crippen LogP contribution in [0.1, 0.15) is 51.4 Å². The predicted octanol–water partition coefficient (Wildman–Crippen LogP) is 2.42. The van der Waals surface area contributed by atoms with Gasteiger partial charge < -0.3 is 15.4 Å². The molecule has 4 heteroatoms. The second-order valence-corrected chi connectivity index (χ2v) is 8.49. The zero-order chi connectivity index (χ0) is 15.8. The monoisotopic (exact) mass is 320 g/mol. The number of amides is 1. The summed E-state index contributed by atoms with van der Waals surface area (Å²) >= 11 is 0. The lowest BCUT2D eigenvalue weighted by atomic mass is 9.51. The molecule has 130 valence electrons. The van der Waals surface area contributed by atoms with Gasteiger partial charge in [-0.2, -0.15) is 0 Å². The molecular formula is C19H32N2O2. The highest BCUT2D eigenvalue weighted by Gasteiger charge is 2.51. The van der Waals surface area contributed by atoms with Gasteiger partial charge in [0.2, 0.25) is 5.91 Å². The van der Waals surface area contributed by atoms with Gasteiger partial charge in [-0.3, -0.25) is 4.79 Å². The standard InChI is InChI=1S/C19H32N2O2/c20-4-1-7-23-17-2-5-21(6-3-17)19(22)18-15-9-13-8-14(11-15)12-16(18)10-13/h13-18H,1-12,20H2. The van der Waals surface area contributed by atoms with E-state index in [0.29, 0.717) is 36.3 Å². The van der Waals surface area contributed by atoms with Crippen molar-refractivity contribution >= 4 is 5.91 Å². The molecule has 0 aromatic heterocycles. The smallest absolute Gasteiger partial charge is 0.226 e. The number of hydrogen-bond donors (Lipinski definition) is 1. The Morgan fingerprint density at radius 2 is 1.61 bits per heavy atom. The van der Waals surface area contributed by atoms with Crippen LogP contribution in [0.2, 0.25) is 0 Å². The van der Waals surface area contributed by atoms with E-state index >= 15 is 0 Å². The Morgan fingerprint density at radius 3 is 2.17 bits per heavy atom. The maximum atomic E-state index is 13.1. The van der Waals surface area contributed by atoms with Crippen LogP contribution in [-0.2, 0) is 9.53 Å². The second-order valence-electron chi connectivity index (χ2n) is 8.49. The Labute approximate surface area is 140 Å². The molecule has 23 heavy (non-hydrogen) atoms. The number of piperidine rings is 1. The molecule has 5 aliphatic rings. The van der Waals surface area contributed by atoms with E-state index in [4.69, 9.17) is 10.5 Å². The van der Waals surface area contributed by atoms with Crippen LogP contribution in [0.4, 0.5) is 0 Å². The Bertz CT molecular complexity index is 403. The van der Waals surface area contributed by atoms with Crippen molar-refractivity contribution in [1.29, 1.82) is 0 Å². The van der Waals surface area contributed by atoms with Crippen molar-refractivity contribution in [1.82, 2.24) is 4.90 Å². The molecule has 4 aliphatic carbocycles. The highest BCUT2D eigenvalue weighted by atomic mass is 16.5. The summed E-state index contributed by atoms with van der Waals surface area (Å²) in [6.07, 6.45) is 10.1. The summed E-state index contributed by atoms with van der Waals surface area (Å²) < 4.78 is 5.87. The van der Waals surface area contributed by atoms with E-state index in [1.807, 2.05) is 0 Å². The number of nitrogens with two attached hydrogens (primary N) is 1. The fourth-order valence-electron chi connectivity index (χ4n) is 6.12. The second kappa shape index (κ2) is 6.72. The van der Waals surface area contributed by atoms with Gasteiger partial charge in [0, 0.05) is 25.6 Å². The minimum atomic E-state index is 0.337. The molecule has 0 unspecified atom stereocenters. The minimum Gasteiger partial charge on any atom is -0.378 e. The van der Waals surface area contributed by atoms with E-state index in [0.717, 1.165) is 50.8 Å². The van der Waals surface area contributed by atoms with Crippen molar-refractivity contribution in [3.05, 3.63) is 0 Å². The van der Waals surface area contributed by atoms with Crippen molar-refractivity contribution in [3.63, 3.8) is 0 Å². The number of carbonyl (C=O) groups excluding carboxylic acids is 1. The van der Waals surface area contributed by atoms with Crippen LogP contribution in [0.15, 0.2) is 0 Å². The largest absolute Gasteiger partial charge is 0.378 e. The number of rotatable bonds is 5. The summed E-state index contributed by atoms with van der Waals surface area (Å²) in [5, 5.41) is 0. The van der Waals surface area contributed by atoms with Crippen LogP contribution in [0.5, 0.6) is 0 Å². The normalized spacial score (nSPS) is 39.9. The van der Waals surface area contributed by atoms with Gasteiger partial charge >= 0.3 is 0 Å². The van der Waals surface area contributed by atoms with E-state index in [9.17, 15) is 4.79 Å². The van der Waals surface area contributed by atoms with Crippen LogP contribution >= 0.6 is 0 Å². The van der Waals surface area contributed by atoms with Crippen LogP contribution < -0.4 is 5.73 Å². The fourth-order valence-corrected chi connectivity index (χ4v) is 6.12. The molecule has 1 aliphatic heterocycles.